The van der Waals surface area contributed by atoms with Crippen LogP contribution in [-0.4, -0.2) is 23.0 Å². The molecule has 4 nitrogen and oxygen atoms in total. The minimum Gasteiger partial charge on any atom is -0.464 e. The normalized spacial score (nSPS) is 10.2. The quantitative estimate of drug-likeness (QED) is 0.634. The van der Waals surface area contributed by atoms with Crippen molar-refractivity contribution in [3.05, 3.63) is 53.5 Å². The van der Waals surface area contributed by atoms with Crippen molar-refractivity contribution in [2.24, 2.45) is 0 Å². The Morgan fingerprint density at radius 2 is 2.21 bits per heavy atom. The fourth-order valence-electron chi connectivity index (χ4n) is 1.58. The summed E-state index contributed by atoms with van der Waals surface area (Å²) in [7, 11) is 1.33. The third-order valence-electron chi connectivity index (χ3n) is 2.48. The predicted octanol–water partition coefficient (Wildman–Crippen LogP) is 2.86. The van der Waals surface area contributed by atoms with Crippen molar-refractivity contribution in [3.8, 4) is 0 Å². The molecule has 2 rings (SSSR count). The van der Waals surface area contributed by atoms with Crippen LogP contribution in [0.15, 0.2) is 41.7 Å². The molecule has 0 fully saturated rings. The number of rotatable bonds is 4. The molecule has 0 aliphatic rings. The van der Waals surface area contributed by atoms with E-state index in [9.17, 15) is 4.79 Å². The van der Waals surface area contributed by atoms with Gasteiger partial charge in [-0.15, -0.1) is 11.8 Å². The van der Waals surface area contributed by atoms with E-state index in [1.54, 1.807) is 18.0 Å². The van der Waals surface area contributed by atoms with E-state index in [1.165, 1.54) is 24.4 Å². The molecular formula is C14H14N2O2S. The third-order valence-corrected chi connectivity index (χ3v) is 3.45. The lowest BCUT2D eigenvalue weighted by molar-refractivity contribution is 0.0592. The van der Waals surface area contributed by atoms with Crippen molar-refractivity contribution in [2.75, 3.05) is 7.11 Å². The number of hydrogen-bond acceptors (Lipinski definition) is 5. The van der Waals surface area contributed by atoms with Gasteiger partial charge in [-0.25, -0.2) is 9.78 Å². The smallest absolute Gasteiger partial charge is 0.358 e. The number of methoxy groups -OCH3 is 1. The molecule has 2 aromatic rings. The highest BCUT2D eigenvalue weighted by molar-refractivity contribution is 7.98. The molecule has 0 saturated heterocycles. The highest BCUT2D eigenvalue weighted by atomic mass is 32.2. The molecule has 5 heteroatoms. The number of hydrogen-bond donors (Lipinski definition) is 0. The summed E-state index contributed by atoms with van der Waals surface area (Å²) in [6, 6.07) is 8.29. The van der Waals surface area contributed by atoms with Gasteiger partial charge in [-0.2, -0.15) is 0 Å². The second kappa shape index (κ2) is 6.33. The monoisotopic (exact) mass is 274 g/mol. The number of carbonyl (C=O) groups excluding carboxylic acids is 1. The van der Waals surface area contributed by atoms with E-state index in [0.717, 1.165) is 5.75 Å². The molecular weight excluding hydrogens is 260 g/mol. The van der Waals surface area contributed by atoms with E-state index in [-0.39, 0.29) is 5.69 Å². The van der Waals surface area contributed by atoms with Crippen LogP contribution in [0.2, 0.25) is 0 Å². The molecule has 0 N–H and O–H groups in total. The van der Waals surface area contributed by atoms with Gasteiger partial charge in [-0.3, -0.25) is 4.98 Å². The molecule has 19 heavy (non-hydrogen) atoms. The van der Waals surface area contributed by atoms with E-state index in [4.69, 9.17) is 0 Å². The molecule has 1 aromatic carbocycles. The molecule has 0 aliphatic carbocycles. The number of aromatic nitrogens is 2. The van der Waals surface area contributed by atoms with Crippen LogP contribution in [0.5, 0.6) is 0 Å². The van der Waals surface area contributed by atoms with E-state index in [1.807, 2.05) is 6.07 Å². The number of ether oxygens (including phenoxy) is 1. The Balaban J connectivity index is 2.05. The average Bonchev–Trinajstić information content (AvgIpc) is 2.45. The Hall–Kier alpha value is -1.88. The minimum absolute atomic E-state index is 0.233. The Morgan fingerprint density at radius 3 is 2.95 bits per heavy atom. The van der Waals surface area contributed by atoms with Crippen LogP contribution in [0, 0.1) is 6.92 Å². The van der Waals surface area contributed by atoms with Gasteiger partial charge in [0.05, 0.1) is 19.5 Å². The molecule has 1 aromatic heterocycles. The lowest BCUT2D eigenvalue weighted by Gasteiger charge is -2.03. The third kappa shape index (κ3) is 3.79. The Bertz CT molecular complexity index is 587. The van der Waals surface area contributed by atoms with Crippen LogP contribution in [0.3, 0.4) is 0 Å². The van der Waals surface area contributed by atoms with Gasteiger partial charge in [0, 0.05) is 5.75 Å². The summed E-state index contributed by atoms with van der Waals surface area (Å²) < 4.78 is 4.62. The van der Waals surface area contributed by atoms with E-state index in [2.05, 4.69) is 39.8 Å². The summed E-state index contributed by atoms with van der Waals surface area (Å²) >= 11 is 1.54. The van der Waals surface area contributed by atoms with Crippen LogP contribution in [0.1, 0.15) is 21.6 Å². The lowest BCUT2D eigenvalue weighted by atomic mass is 10.2. The minimum atomic E-state index is -0.467. The van der Waals surface area contributed by atoms with E-state index < -0.39 is 5.97 Å². The molecule has 0 aliphatic heterocycles. The fourth-order valence-corrected chi connectivity index (χ4v) is 2.37. The Labute approximate surface area is 116 Å². The van der Waals surface area contributed by atoms with Crippen molar-refractivity contribution < 1.29 is 9.53 Å². The summed E-state index contributed by atoms with van der Waals surface area (Å²) in [5.74, 6) is 0.326. The second-order valence-corrected chi connectivity index (χ2v) is 5.01. The Kier molecular flexibility index (Phi) is 4.52. The zero-order valence-corrected chi connectivity index (χ0v) is 11.6. The molecule has 0 unspecified atom stereocenters. The van der Waals surface area contributed by atoms with E-state index >= 15 is 0 Å². The van der Waals surface area contributed by atoms with Gasteiger partial charge in [0.15, 0.2) is 5.69 Å². The largest absolute Gasteiger partial charge is 0.464 e. The first-order valence-electron chi connectivity index (χ1n) is 5.78. The van der Waals surface area contributed by atoms with Gasteiger partial charge in [0.25, 0.3) is 0 Å². The molecule has 0 spiro atoms. The van der Waals surface area contributed by atoms with Crippen molar-refractivity contribution >= 4 is 17.7 Å². The van der Waals surface area contributed by atoms with Crippen LogP contribution in [0.25, 0.3) is 0 Å². The first kappa shape index (κ1) is 13.5. The summed E-state index contributed by atoms with van der Waals surface area (Å²) in [6.07, 6.45) is 3.05. The molecule has 0 saturated carbocycles. The molecule has 0 amide bonds. The standard InChI is InChI=1S/C14H14N2O2S/c1-10-4-3-5-11(6-10)9-19-13-8-15-7-12(16-13)14(17)18-2/h3-8H,9H2,1-2H3. The van der Waals surface area contributed by atoms with Gasteiger partial charge >= 0.3 is 5.97 Å². The van der Waals surface area contributed by atoms with Gasteiger partial charge in [0.1, 0.15) is 5.03 Å². The number of aryl methyl sites for hydroxylation is 1. The molecule has 1 heterocycles. The highest BCUT2D eigenvalue weighted by Crippen LogP contribution is 2.20. The van der Waals surface area contributed by atoms with Crippen LogP contribution >= 0.6 is 11.8 Å². The summed E-state index contributed by atoms with van der Waals surface area (Å²) in [5.41, 5.74) is 2.68. The molecule has 0 atom stereocenters. The fraction of sp³-hybridized carbons (Fsp3) is 0.214. The van der Waals surface area contributed by atoms with Crippen molar-refractivity contribution in [3.63, 3.8) is 0 Å². The maximum atomic E-state index is 11.4. The summed E-state index contributed by atoms with van der Waals surface area (Å²) in [5, 5.41) is 0.712. The van der Waals surface area contributed by atoms with Crippen LogP contribution in [-0.2, 0) is 10.5 Å². The maximum absolute atomic E-state index is 11.4. The molecule has 0 radical (unpaired) electrons. The number of thioether (sulfide) groups is 1. The van der Waals surface area contributed by atoms with Gasteiger partial charge in [0.2, 0.25) is 0 Å². The number of carbonyl (C=O) groups is 1. The first-order valence-corrected chi connectivity index (χ1v) is 6.76. The first-order chi connectivity index (χ1) is 9.19. The molecule has 0 bridgehead atoms. The second-order valence-electron chi connectivity index (χ2n) is 4.01. The van der Waals surface area contributed by atoms with Crippen molar-refractivity contribution in [1.29, 1.82) is 0 Å². The molecule has 98 valence electrons. The summed E-state index contributed by atoms with van der Waals surface area (Å²) in [4.78, 5) is 19.6. The average molecular weight is 274 g/mol. The zero-order valence-electron chi connectivity index (χ0n) is 10.8. The number of nitrogens with zero attached hydrogens (tertiary/aromatic N) is 2. The topological polar surface area (TPSA) is 52.1 Å². The maximum Gasteiger partial charge on any atom is 0.358 e. The van der Waals surface area contributed by atoms with Gasteiger partial charge < -0.3 is 4.74 Å². The van der Waals surface area contributed by atoms with Gasteiger partial charge in [-0.1, -0.05) is 29.8 Å². The zero-order chi connectivity index (χ0) is 13.7. The van der Waals surface area contributed by atoms with Crippen molar-refractivity contribution in [1.82, 2.24) is 9.97 Å². The Morgan fingerprint density at radius 1 is 1.37 bits per heavy atom. The van der Waals surface area contributed by atoms with Crippen molar-refractivity contribution in [2.45, 2.75) is 17.7 Å². The van der Waals surface area contributed by atoms with E-state index in [0.29, 0.717) is 5.03 Å². The number of benzene rings is 1. The highest BCUT2D eigenvalue weighted by Gasteiger charge is 2.08. The SMILES string of the molecule is COC(=O)c1cncc(SCc2cccc(C)c2)n1. The van der Waals surface area contributed by atoms with Crippen LogP contribution < -0.4 is 0 Å². The van der Waals surface area contributed by atoms with Gasteiger partial charge in [-0.05, 0) is 12.5 Å². The summed E-state index contributed by atoms with van der Waals surface area (Å²) in [6.45, 7) is 2.06. The predicted molar refractivity (Wildman–Crippen MR) is 74.1 cm³/mol. The lowest BCUT2D eigenvalue weighted by Crippen LogP contribution is -2.05. The number of esters is 1. The van der Waals surface area contributed by atoms with Crippen LogP contribution in [0.4, 0.5) is 0 Å².